The van der Waals surface area contributed by atoms with Gasteiger partial charge in [-0.25, -0.2) is 4.39 Å². The van der Waals surface area contributed by atoms with E-state index >= 15 is 4.39 Å². The molecule has 0 unspecified atom stereocenters. The Hall–Kier alpha value is -1.37. The molecule has 6 heteroatoms. The summed E-state index contributed by atoms with van der Waals surface area (Å²) in [6.07, 6.45) is 5.63. The van der Waals surface area contributed by atoms with Crippen molar-refractivity contribution < 1.29 is 28.9 Å². The van der Waals surface area contributed by atoms with Crippen molar-refractivity contribution in [3.63, 3.8) is 0 Å². The second kappa shape index (κ2) is 6.81. The van der Waals surface area contributed by atoms with Gasteiger partial charge in [0, 0.05) is 23.9 Å². The topological polar surface area (TPSA) is 83.8 Å². The number of hydrogen-bond acceptors (Lipinski definition) is 5. The number of allylic oxidation sites excluding steroid dienone is 4. The summed E-state index contributed by atoms with van der Waals surface area (Å²) in [5.74, 6) is -1.35. The molecule has 3 saturated carbocycles. The van der Waals surface area contributed by atoms with Gasteiger partial charge in [0.05, 0.1) is 6.10 Å². The fraction of sp³-hybridized carbons (Fsp3) is 0.750. The summed E-state index contributed by atoms with van der Waals surface area (Å²) >= 11 is 0. The first kappa shape index (κ1) is 21.8. The van der Waals surface area contributed by atoms with Crippen molar-refractivity contribution in [2.45, 2.75) is 70.2 Å². The van der Waals surface area contributed by atoms with Gasteiger partial charge in [0.2, 0.25) is 0 Å². The summed E-state index contributed by atoms with van der Waals surface area (Å²) in [6, 6.07) is 0. The highest BCUT2D eigenvalue weighted by atomic mass is 19.1. The van der Waals surface area contributed by atoms with Crippen LogP contribution in [0.2, 0.25) is 0 Å². The van der Waals surface area contributed by atoms with Crippen molar-refractivity contribution in [1.29, 1.82) is 0 Å². The molecular formula is C24H33FO5. The third-order valence-corrected chi connectivity index (χ3v) is 9.41. The Morgan fingerprint density at radius 2 is 2.07 bits per heavy atom. The van der Waals surface area contributed by atoms with Crippen LogP contribution in [0.1, 0.15) is 52.9 Å². The number of ketones is 2. The van der Waals surface area contributed by atoms with E-state index < -0.39 is 40.7 Å². The van der Waals surface area contributed by atoms with Gasteiger partial charge in [0.1, 0.15) is 12.2 Å². The number of aliphatic hydroxyl groups excluding tert-OH is 2. The maximum Gasteiger partial charge on any atom is 0.190 e. The van der Waals surface area contributed by atoms with Crippen LogP contribution in [0.4, 0.5) is 4.39 Å². The predicted octanol–water partition coefficient (Wildman–Crippen LogP) is 2.94. The maximum absolute atomic E-state index is 17.1. The van der Waals surface area contributed by atoms with E-state index in [9.17, 15) is 19.8 Å². The van der Waals surface area contributed by atoms with Crippen LogP contribution in [0.5, 0.6) is 0 Å². The maximum atomic E-state index is 17.1. The number of alkyl halides is 1. The summed E-state index contributed by atoms with van der Waals surface area (Å²) < 4.78 is 23.1. The molecule has 2 N–H and O–H groups in total. The predicted molar refractivity (Wildman–Crippen MR) is 109 cm³/mol. The van der Waals surface area contributed by atoms with Gasteiger partial charge in [-0.3, -0.25) is 9.59 Å². The fourth-order valence-corrected chi connectivity index (χ4v) is 8.17. The number of carbonyl (C=O) groups excluding carboxylic acids is 2. The van der Waals surface area contributed by atoms with Crippen LogP contribution in [-0.4, -0.2) is 52.9 Å². The molecule has 0 heterocycles. The molecule has 30 heavy (non-hydrogen) atoms. The van der Waals surface area contributed by atoms with Gasteiger partial charge in [-0.15, -0.1) is 0 Å². The van der Waals surface area contributed by atoms with E-state index in [2.05, 4.69) is 0 Å². The number of rotatable bonds is 4. The highest BCUT2D eigenvalue weighted by Gasteiger charge is 2.76. The number of fused-ring (bicyclic) bond motifs is 5. The van der Waals surface area contributed by atoms with Gasteiger partial charge >= 0.3 is 0 Å². The number of aliphatic hydroxyl groups is 2. The second-order valence-electron chi connectivity index (χ2n) is 10.0. The molecule has 3 fully saturated rings. The van der Waals surface area contributed by atoms with Crippen molar-refractivity contribution >= 4 is 11.6 Å². The van der Waals surface area contributed by atoms with Gasteiger partial charge in [-0.1, -0.05) is 25.5 Å². The number of hydrogen-bond donors (Lipinski definition) is 2. The van der Waals surface area contributed by atoms with Gasteiger partial charge in [-0.05, 0) is 63.0 Å². The van der Waals surface area contributed by atoms with E-state index in [4.69, 9.17) is 4.74 Å². The van der Waals surface area contributed by atoms with Crippen LogP contribution in [-0.2, 0) is 14.3 Å². The average Bonchev–Trinajstić information content (AvgIpc) is 2.97. The number of Topliss-reactive ketones (excluding diaryl/α,β-unsaturated/α-hetero) is 1. The Morgan fingerprint density at radius 3 is 2.67 bits per heavy atom. The van der Waals surface area contributed by atoms with Gasteiger partial charge in [0.15, 0.2) is 17.2 Å². The molecule has 0 saturated heterocycles. The van der Waals surface area contributed by atoms with E-state index in [0.29, 0.717) is 25.7 Å². The molecule has 0 amide bonds. The van der Waals surface area contributed by atoms with Gasteiger partial charge < -0.3 is 14.9 Å². The Labute approximate surface area is 177 Å². The molecule has 4 aliphatic rings. The van der Waals surface area contributed by atoms with Crippen LogP contribution < -0.4 is 0 Å². The van der Waals surface area contributed by atoms with Crippen LogP contribution in [0, 0.1) is 28.6 Å². The first-order chi connectivity index (χ1) is 14.1. The van der Waals surface area contributed by atoms with Gasteiger partial charge in [0.25, 0.3) is 0 Å². The molecule has 0 spiro atoms. The first-order valence-electron chi connectivity index (χ1n) is 11.1. The molecule has 0 aromatic heterocycles. The Morgan fingerprint density at radius 1 is 1.37 bits per heavy atom. The summed E-state index contributed by atoms with van der Waals surface area (Å²) in [4.78, 5) is 25.0. The number of ether oxygens (including phenoxy) is 1. The zero-order chi connectivity index (χ0) is 22.1. The molecule has 4 rings (SSSR count). The van der Waals surface area contributed by atoms with Crippen molar-refractivity contribution in [2.24, 2.45) is 28.6 Å². The Balaban J connectivity index is 1.88. The number of halogens is 1. The zero-order valence-electron chi connectivity index (χ0n) is 18.3. The molecule has 0 aliphatic heterocycles. The minimum atomic E-state index is -1.93. The lowest BCUT2D eigenvalue weighted by Crippen LogP contribution is -2.70. The van der Waals surface area contributed by atoms with Crippen LogP contribution in [0.3, 0.4) is 0 Å². The monoisotopic (exact) mass is 420 g/mol. The quantitative estimate of drug-likeness (QED) is 0.731. The minimum Gasteiger partial charge on any atom is -0.390 e. The third-order valence-electron chi connectivity index (χ3n) is 9.41. The Kier molecular flexibility index (Phi) is 4.96. The molecule has 166 valence electrons. The standard InChI is InChI=1S/C24H33FO5/c1-5-22-12-19(28)23(25)17(7-6-15-11-16(27)8-9-21(15,23)3)18(22)10-14(2)24(22,30-4)20(29)13-26/h8-9,11,14,17-19,26,28H,5-7,10,12-13H2,1-4H3/t14-,17+,18+,19+,21+,22+,23+,24+/m1/s1. The smallest absolute Gasteiger partial charge is 0.190 e. The van der Waals surface area contributed by atoms with Crippen molar-refractivity contribution in [3.8, 4) is 0 Å². The largest absolute Gasteiger partial charge is 0.390 e. The highest BCUT2D eigenvalue weighted by Crippen LogP contribution is 2.72. The molecule has 0 bridgehead atoms. The summed E-state index contributed by atoms with van der Waals surface area (Å²) in [5, 5.41) is 21.2. The average molecular weight is 421 g/mol. The summed E-state index contributed by atoms with van der Waals surface area (Å²) in [7, 11) is 1.49. The van der Waals surface area contributed by atoms with E-state index in [-0.39, 0.29) is 29.8 Å². The van der Waals surface area contributed by atoms with Crippen LogP contribution in [0.25, 0.3) is 0 Å². The van der Waals surface area contributed by atoms with E-state index in [1.165, 1.54) is 19.3 Å². The molecule has 8 atom stereocenters. The highest BCUT2D eigenvalue weighted by molar-refractivity contribution is 6.01. The number of carbonyl (C=O) groups is 2. The van der Waals surface area contributed by atoms with Crippen molar-refractivity contribution in [3.05, 3.63) is 23.8 Å². The molecule has 5 nitrogen and oxygen atoms in total. The van der Waals surface area contributed by atoms with E-state index in [1.54, 1.807) is 13.0 Å². The van der Waals surface area contributed by atoms with Crippen LogP contribution >= 0.6 is 0 Å². The molecule has 0 aromatic carbocycles. The van der Waals surface area contributed by atoms with Crippen molar-refractivity contribution in [2.75, 3.05) is 13.7 Å². The SMILES string of the molecule is CC[C@]12C[C@H](O)[C@@]3(F)[C@@H](CCC4=CC(=O)C=C[C@@]43C)[C@@H]1C[C@@H](C)[C@]2(OC)C(=O)CO. The lowest BCUT2D eigenvalue weighted by Gasteiger charge is -2.63. The van der Waals surface area contributed by atoms with Crippen molar-refractivity contribution in [1.82, 2.24) is 0 Å². The molecular weight excluding hydrogens is 387 g/mol. The first-order valence-corrected chi connectivity index (χ1v) is 11.1. The third kappa shape index (κ3) is 2.23. The fourth-order valence-electron chi connectivity index (χ4n) is 8.17. The van der Waals surface area contributed by atoms with E-state index in [1.807, 2.05) is 13.8 Å². The van der Waals surface area contributed by atoms with E-state index in [0.717, 1.165) is 5.57 Å². The molecule has 0 radical (unpaired) electrons. The van der Waals surface area contributed by atoms with Gasteiger partial charge in [-0.2, -0.15) is 0 Å². The normalized spacial score (nSPS) is 49.8. The minimum absolute atomic E-state index is 0.0930. The zero-order valence-corrected chi connectivity index (χ0v) is 18.3. The summed E-state index contributed by atoms with van der Waals surface area (Å²) in [5.41, 5.74) is -4.22. The lowest BCUT2D eigenvalue weighted by atomic mass is 9.43. The summed E-state index contributed by atoms with van der Waals surface area (Å²) in [6.45, 7) is 5.06. The Bertz CT molecular complexity index is 835. The number of methoxy groups -OCH3 is 1. The second-order valence-corrected chi connectivity index (χ2v) is 10.0. The molecule has 0 aromatic rings. The molecule has 4 aliphatic carbocycles. The van der Waals surface area contributed by atoms with Crippen LogP contribution in [0.15, 0.2) is 23.8 Å². The lowest BCUT2D eigenvalue weighted by molar-refractivity contribution is -0.230.